The van der Waals surface area contributed by atoms with Crippen molar-refractivity contribution in [2.45, 2.75) is 36.6 Å². The molecule has 1 fully saturated rings. The molecule has 0 aliphatic carbocycles. The second-order valence-electron chi connectivity index (χ2n) is 4.95. The van der Waals surface area contributed by atoms with E-state index in [0.717, 1.165) is 10.6 Å². The number of hydrogen-bond donors (Lipinski definition) is 1. The first-order valence-corrected chi connectivity index (χ1v) is 7.53. The van der Waals surface area contributed by atoms with Gasteiger partial charge in [-0.05, 0) is 56.8 Å². The molecule has 0 bridgehead atoms. The minimum Gasteiger partial charge on any atom is -0.398 e. The van der Waals surface area contributed by atoms with Gasteiger partial charge >= 0.3 is 0 Å². The molecule has 100 valence electrons. The third kappa shape index (κ3) is 3.62. The van der Waals surface area contributed by atoms with Gasteiger partial charge in [0.25, 0.3) is 0 Å². The first-order chi connectivity index (χ1) is 8.66. The molecule has 1 aliphatic rings. The maximum atomic E-state index is 12.9. The third-order valence-corrected chi connectivity index (χ3v) is 4.72. The molecule has 1 heterocycles. The zero-order chi connectivity index (χ0) is 13.0. The van der Waals surface area contributed by atoms with E-state index in [1.165, 1.54) is 44.4 Å². The molecule has 0 radical (unpaired) electrons. The molecule has 1 aromatic rings. The predicted octanol–water partition coefficient (Wildman–Crippen LogP) is 3.37. The molecule has 4 heteroatoms. The lowest BCUT2D eigenvalue weighted by molar-refractivity contribution is 0.182. The molecular formula is C14H21FN2S. The molecule has 1 saturated heterocycles. The van der Waals surface area contributed by atoms with E-state index < -0.39 is 0 Å². The maximum Gasteiger partial charge on any atom is 0.125 e. The van der Waals surface area contributed by atoms with Crippen molar-refractivity contribution < 1.29 is 4.39 Å². The van der Waals surface area contributed by atoms with E-state index in [2.05, 4.69) is 11.9 Å². The number of hydrogen-bond acceptors (Lipinski definition) is 3. The second-order valence-corrected chi connectivity index (χ2v) is 6.09. The summed E-state index contributed by atoms with van der Waals surface area (Å²) in [6, 6.07) is 5.35. The van der Waals surface area contributed by atoms with Crippen LogP contribution in [0.3, 0.4) is 0 Å². The van der Waals surface area contributed by atoms with Crippen molar-refractivity contribution in [3.63, 3.8) is 0 Å². The van der Waals surface area contributed by atoms with Crippen LogP contribution in [0.15, 0.2) is 23.1 Å². The Morgan fingerprint density at radius 2 is 2.28 bits per heavy atom. The molecule has 2 rings (SSSR count). The van der Waals surface area contributed by atoms with Crippen LogP contribution < -0.4 is 5.73 Å². The van der Waals surface area contributed by atoms with Crippen molar-refractivity contribution in [1.29, 1.82) is 0 Å². The van der Waals surface area contributed by atoms with E-state index in [9.17, 15) is 4.39 Å². The van der Waals surface area contributed by atoms with Crippen LogP contribution in [0.5, 0.6) is 0 Å². The fourth-order valence-corrected chi connectivity index (χ4v) is 3.46. The summed E-state index contributed by atoms with van der Waals surface area (Å²) >= 11 is 1.73. The molecule has 1 aliphatic heterocycles. The van der Waals surface area contributed by atoms with Gasteiger partial charge in [-0.2, -0.15) is 0 Å². The SMILES string of the molecule is CN1CCCCC1CCSc1ccc(F)cc1N. The minimum absolute atomic E-state index is 0.260. The van der Waals surface area contributed by atoms with Crippen LogP contribution in [0.1, 0.15) is 25.7 Å². The summed E-state index contributed by atoms with van der Waals surface area (Å²) in [5.74, 6) is 0.786. The fraction of sp³-hybridized carbons (Fsp3) is 0.571. The highest BCUT2D eigenvalue weighted by atomic mass is 32.2. The van der Waals surface area contributed by atoms with Crippen molar-refractivity contribution in [2.24, 2.45) is 0 Å². The molecule has 0 amide bonds. The Kier molecular flexibility index (Phi) is 4.89. The summed E-state index contributed by atoms with van der Waals surface area (Å²) in [5.41, 5.74) is 6.35. The highest BCUT2D eigenvalue weighted by molar-refractivity contribution is 7.99. The Labute approximate surface area is 113 Å². The summed E-state index contributed by atoms with van der Waals surface area (Å²) in [6.07, 6.45) is 5.15. The van der Waals surface area contributed by atoms with Crippen molar-refractivity contribution >= 4 is 17.4 Å². The van der Waals surface area contributed by atoms with E-state index >= 15 is 0 Å². The van der Waals surface area contributed by atoms with E-state index in [1.807, 2.05) is 0 Å². The van der Waals surface area contributed by atoms with Gasteiger partial charge in [0, 0.05) is 16.6 Å². The van der Waals surface area contributed by atoms with Crippen molar-refractivity contribution in [1.82, 2.24) is 4.90 Å². The zero-order valence-electron chi connectivity index (χ0n) is 10.9. The van der Waals surface area contributed by atoms with Gasteiger partial charge in [0.15, 0.2) is 0 Å². The molecule has 0 spiro atoms. The predicted molar refractivity (Wildman–Crippen MR) is 76.4 cm³/mol. The Balaban J connectivity index is 1.81. The number of nitrogens with two attached hydrogens (primary N) is 1. The number of halogens is 1. The molecule has 0 aromatic heterocycles. The number of likely N-dealkylation sites (tertiary alicyclic amines) is 1. The molecule has 18 heavy (non-hydrogen) atoms. The quantitative estimate of drug-likeness (QED) is 0.670. The van der Waals surface area contributed by atoms with Gasteiger partial charge in [-0.1, -0.05) is 6.42 Å². The van der Waals surface area contributed by atoms with E-state index in [1.54, 1.807) is 17.8 Å². The van der Waals surface area contributed by atoms with Crippen LogP contribution in [-0.2, 0) is 0 Å². The van der Waals surface area contributed by atoms with Gasteiger partial charge in [-0.15, -0.1) is 11.8 Å². The molecule has 1 atom stereocenters. The smallest absolute Gasteiger partial charge is 0.125 e. The summed E-state index contributed by atoms with van der Waals surface area (Å²) in [6.45, 7) is 1.22. The normalized spacial score (nSPS) is 21.1. The Hall–Kier alpha value is -0.740. The summed E-state index contributed by atoms with van der Waals surface area (Å²) in [7, 11) is 2.21. The van der Waals surface area contributed by atoms with Crippen LogP contribution in [0.4, 0.5) is 10.1 Å². The Bertz CT molecular complexity index is 397. The first kappa shape index (κ1) is 13.7. The number of thioether (sulfide) groups is 1. The Morgan fingerprint density at radius 3 is 3.00 bits per heavy atom. The van der Waals surface area contributed by atoms with E-state index in [4.69, 9.17) is 5.73 Å². The van der Waals surface area contributed by atoms with Crippen LogP contribution >= 0.6 is 11.8 Å². The number of piperidine rings is 1. The molecule has 1 aromatic carbocycles. The largest absolute Gasteiger partial charge is 0.398 e. The van der Waals surface area contributed by atoms with Crippen LogP contribution in [0.25, 0.3) is 0 Å². The average Bonchev–Trinajstić information content (AvgIpc) is 2.34. The lowest BCUT2D eigenvalue weighted by atomic mass is 10.0. The molecule has 0 saturated carbocycles. The van der Waals surface area contributed by atoms with Crippen LogP contribution in [0, 0.1) is 5.82 Å². The standard InChI is InChI=1S/C14H21FN2S/c1-17-8-3-2-4-12(17)7-9-18-14-6-5-11(15)10-13(14)16/h5-6,10,12H,2-4,7-9,16H2,1H3. The topological polar surface area (TPSA) is 29.3 Å². The van der Waals surface area contributed by atoms with Crippen molar-refractivity contribution in [3.05, 3.63) is 24.0 Å². The van der Waals surface area contributed by atoms with Crippen molar-refractivity contribution in [3.8, 4) is 0 Å². The molecule has 2 N–H and O–H groups in total. The molecule has 2 nitrogen and oxygen atoms in total. The highest BCUT2D eigenvalue weighted by Crippen LogP contribution is 2.28. The van der Waals surface area contributed by atoms with E-state index in [0.29, 0.717) is 11.7 Å². The monoisotopic (exact) mass is 268 g/mol. The van der Waals surface area contributed by atoms with Crippen LogP contribution in [-0.4, -0.2) is 30.3 Å². The lowest BCUT2D eigenvalue weighted by Crippen LogP contribution is -2.36. The summed E-state index contributed by atoms with van der Waals surface area (Å²) in [4.78, 5) is 3.45. The number of nitrogen functional groups attached to an aromatic ring is 1. The fourth-order valence-electron chi connectivity index (χ4n) is 2.46. The number of benzene rings is 1. The third-order valence-electron chi connectivity index (χ3n) is 3.60. The maximum absolute atomic E-state index is 12.9. The van der Waals surface area contributed by atoms with Gasteiger partial charge in [-0.3, -0.25) is 0 Å². The minimum atomic E-state index is -0.260. The molecular weight excluding hydrogens is 247 g/mol. The zero-order valence-corrected chi connectivity index (χ0v) is 11.7. The van der Waals surface area contributed by atoms with Gasteiger partial charge in [0.05, 0.1) is 0 Å². The number of rotatable bonds is 4. The summed E-state index contributed by atoms with van der Waals surface area (Å²) in [5, 5.41) is 0. The highest BCUT2D eigenvalue weighted by Gasteiger charge is 2.18. The number of nitrogens with zero attached hydrogens (tertiary/aromatic N) is 1. The number of anilines is 1. The van der Waals surface area contributed by atoms with Crippen molar-refractivity contribution in [2.75, 3.05) is 25.1 Å². The Morgan fingerprint density at radius 1 is 1.44 bits per heavy atom. The van der Waals surface area contributed by atoms with E-state index in [-0.39, 0.29) is 5.82 Å². The lowest BCUT2D eigenvalue weighted by Gasteiger charge is -2.32. The average molecular weight is 268 g/mol. The van der Waals surface area contributed by atoms with Gasteiger partial charge in [-0.25, -0.2) is 4.39 Å². The van der Waals surface area contributed by atoms with Gasteiger partial charge in [0.2, 0.25) is 0 Å². The van der Waals surface area contributed by atoms with Crippen LogP contribution in [0.2, 0.25) is 0 Å². The summed E-state index contributed by atoms with van der Waals surface area (Å²) < 4.78 is 12.9. The molecule has 1 unspecified atom stereocenters. The van der Waals surface area contributed by atoms with Gasteiger partial charge < -0.3 is 10.6 Å². The van der Waals surface area contributed by atoms with Gasteiger partial charge in [0.1, 0.15) is 5.82 Å². The second kappa shape index (κ2) is 6.43. The first-order valence-electron chi connectivity index (χ1n) is 6.55.